The Hall–Kier alpha value is -7.94. The lowest BCUT2D eigenvalue weighted by Crippen LogP contribution is -2.28. The van der Waals surface area contributed by atoms with Gasteiger partial charge in [-0.15, -0.1) is 0 Å². The van der Waals surface area contributed by atoms with Gasteiger partial charge in [-0.3, -0.25) is 0 Å². The monoisotopic (exact) mass is 740 g/mol. The molecule has 11 rings (SSSR count). The van der Waals surface area contributed by atoms with Crippen molar-refractivity contribution in [3.05, 3.63) is 222 Å². The Morgan fingerprint density at radius 1 is 0.397 bits per heavy atom. The van der Waals surface area contributed by atoms with Gasteiger partial charge in [0.05, 0.1) is 17.0 Å². The zero-order valence-corrected chi connectivity index (χ0v) is 31.2. The van der Waals surface area contributed by atoms with Crippen LogP contribution < -0.4 is 0 Å². The van der Waals surface area contributed by atoms with Gasteiger partial charge in [0.2, 0.25) is 0 Å². The van der Waals surface area contributed by atoms with Crippen molar-refractivity contribution >= 4 is 21.9 Å². The molecule has 0 amide bonds. The minimum atomic E-state index is -0.549. The van der Waals surface area contributed by atoms with Gasteiger partial charge in [0, 0.05) is 27.5 Å². The topological polar surface area (TPSA) is 75.6 Å². The zero-order valence-electron chi connectivity index (χ0n) is 31.2. The maximum absolute atomic E-state index is 9.31. The number of hydrogen-bond acceptors (Lipinski definition) is 5. The van der Waals surface area contributed by atoms with Crippen LogP contribution in [0.3, 0.4) is 0 Å². The van der Waals surface area contributed by atoms with E-state index in [0.29, 0.717) is 23.0 Å². The molecule has 0 fully saturated rings. The molecule has 58 heavy (non-hydrogen) atoms. The third-order valence-corrected chi connectivity index (χ3v) is 11.5. The van der Waals surface area contributed by atoms with Gasteiger partial charge in [0.15, 0.2) is 17.5 Å². The van der Waals surface area contributed by atoms with Crippen molar-refractivity contribution in [2.24, 2.45) is 0 Å². The van der Waals surface area contributed by atoms with Gasteiger partial charge in [0.25, 0.3) is 0 Å². The van der Waals surface area contributed by atoms with Gasteiger partial charge < -0.3 is 4.42 Å². The van der Waals surface area contributed by atoms with Crippen LogP contribution >= 0.6 is 0 Å². The molecule has 8 aromatic carbocycles. The van der Waals surface area contributed by atoms with Crippen LogP contribution in [0, 0.1) is 11.3 Å². The van der Waals surface area contributed by atoms with Gasteiger partial charge in [-0.25, -0.2) is 15.0 Å². The molecule has 0 spiro atoms. The highest BCUT2D eigenvalue weighted by molar-refractivity contribution is 6.07. The Bertz CT molecular complexity index is 3190. The van der Waals surface area contributed by atoms with Gasteiger partial charge in [0.1, 0.15) is 11.2 Å². The molecule has 1 aliphatic rings. The van der Waals surface area contributed by atoms with Crippen molar-refractivity contribution in [2.75, 3.05) is 0 Å². The maximum Gasteiger partial charge on any atom is 0.164 e. The first-order chi connectivity index (χ1) is 28.7. The summed E-state index contributed by atoms with van der Waals surface area (Å²) in [5.74, 6) is 1.76. The lowest BCUT2D eigenvalue weighted by molar-refractivity contribution is 0.669. The summed E-state index contributed by atoms with van der Waals surface area (Å²) in [5.41, 5.74) is 13.7. The highest BCUT2D eigenvalue weighted by Crippen LogP contribution is 2.56. The molecule has 0 atom stereocenters. The predicted molar refractivity (Wildman–Crippen MR) is 231 cm³/mol. The third-order valence-electron chi connectivity index (χ3n) is 11.5. The fourth-order valence-corrected chi connectivity index (χ4v) is 8.79. The summed E-state index contributed by atoms with van der Waals surface area (Å²) in [6, 6.07) is 69.4. The molecule has 0 unspecified atom stereocenters. The summed E-state index contributed by atoms with van der Waals surface area (Å²) >= 11 is 0. The zero-order chi connectivity index (χ0) is 38.6. The van der Waals surface area contributed by atoms with Crippen molar-refractivity contribution in [1.29, 1.82) is 5.26 Å². The molecule has 0 saturated heterocycles. The Morgan fingerprint density at radius 2 is 0.879 bits per heavy atom. The van der Waals surface area contributed by atoms with Crippen LogP contribution in [0.15, 0.2) is 199 Å². The number of nitriles is 1. The van der Waals surface area contributed by atoms with Crippen LogP contribution in [0.25, 0.3) is 78.4 Å². The summed E-state index contributed by atoms with van der Waals surface area (Å²) in [7, 11) is 0. The molecule has 5 nitrogen and oxygen atoms in total. The number of furan rings is 1. The average molecular weight is 741 g/mol. The molecule has 10 aromatic rings. The highest BCUT2D eigenvalue weighted by Gasteiger charge is 2.45. The van der Waals surface area contributed by atoms with E-state index < -0.39 is 5.41 Å². The number of benzene rings is 8. The molecular weight excluding hydrogens is 709 g/mol. The van der Waals surface area contributed by atoms with Gasteiger partial charge in [-0.1, -0.05) is 146 Å². The fraction of sp³-hybridized carbons (Fsp3) is 0.0189. The van der Waals surface area contributed by atoms with E-state index in [1.54, 1.807) is 0 Å². The van der Waals surface area contributed by atoms with Crippen molar-refractivity contribution in [3.8, 4) is 62.5 Å². The summed E-state index contributed by atoms with van der Waals surface area (Å²) in [4.78, 5) is 15.5. The Kier molecular flexibility index (Phi) is 7.70. The minimum absolute atomic E-state index is 0.549. The van der Waals surface area contributed by atoms with Crippen LogP contribution in [0.5, 0.6) is 0 Å². The van der Waals surface area contributed by atoms with Crippen molar-refractivity contribution in [1.82, 2.24) is 15.0 Å². The van der Waals surface area contributed by atoms with Crippen molar-refractivity contribution in [3.63, 3.8) is 0 Å². The van der Waals surface area contributed by atoms with Crippen LogP contribution in [0.2, 0.25) is 0 Å². The van der Waals surface area contributed by atoms with E-state index in [0.717, 1.165) is 55.3 Å². The molecule has 1 aliphatic carbocycles. The molecule has 0 bridgehead atoms. The van der Waals surface area contributed by atoms with E-state index >= 15 is 0 Å². The number of nitrogens with zero attached hydrogens (tertiary/aromatic N) is 4. The first-order valence-corrected chi connectivity index (χ1v) is 19.3. The second-order valence-corrected chi connectivity index (χ2v) is 14.7. The Balaban J connectivity index is 1.09. The fourth-order valence-electron chi connectivity index (χ4n) is 8.79. The average Bonchev–Trinajstić information content (AvgIpc) is 3.82. The Morgan fingerprint density at radius 3 is 1.52 bits per heavy atom. The normalized spacial score (nSPS) is 12.6. The number of rotatable bonds is 6. The third kappa shape index (κ3) is 5.27. The molecule has 0 saturated carbocycles. The number of fused-ring (bicyclic) bond motifs is 6. The van der Waals surface area contributed by atoms with Crippen LogP contribution in [0.4, 0.5) is 0 Å². The summed E-state index contributed by atoms with van der Waals surface area (Å²) < 4.78 is 6.32. The highest BCUT2D eigenvalue weighted by atomic mass is 16.3. The minimum Gasteiger partial charge on any atom is -0.456 e. The van der Waals surface area contributed by atoms with Gasteiger partial charge in [-0.05, 0) is 93.0 Å². The van der Waals surface area contributed by atoms with E-state index in [2.05, 4.69) is 127 Å². The lowest BCUT2D eigenvalue weighted by atomic mass is 9.67. The quantitative estimate of drug-likeness (QED) is 0.170. The van der Waals surface area contributed by atoms with E-state index in [9.17, 15) is 5.26 Å². The summed E-state index contributed by atoms with van der Waals surface area (Å²) in [6.07, 6.45) is 0. The van der Waals surface area contributed by atoms with Gasteiger partial charge >= 0.3 is 0 Å². The van der Waals surface area contributed by atoms with Crippen molar-refractivity contribution < 1.29 is 4.42 Å². The molecule has 270 valence electrons. The molecule has 0 aliphatic heterocycles. The maximum atomic E-state index is 9.31. The number of aromatic nitrogens is 3. The van der Waals surface area contributed by atoms with Crippen molar-refractivity contribution in [2.45, 2.75) is 5.41 Å². The summed E-state index contributed by atoms with van der Waals surface area (Å²) in [5, 5.41) is 11.3. The van der Waals surface area contributed by atoms with E-state index in [4.69, 9.17) is 19.4 Å². The molecule has 0 N–H and O–H groups in total. The lowest BCUT2D eigenvalue weighted by Gasteiger charge is -2.34. The van der Waals surface area contributed by atoms with E-state index in [-0.39, 0.29) is 0 Å². The number of hydrogen-bond donors (Lipinski definition) is 0. The smallest absolute Gasteiger partial charge is 0.164 e. The second-order valence-electron chi connectivity index (χ2n) is 14.7. The van der Waals surface area contributed by atoms with E-state index in [1.165, 1.54) is 27.8 Å². The Labute approximate surface area is 335 Å². The molecular formula is C53H32N4O. The predicted octanol–water partition coefficient (Wildman–Crippen LogP) is 12.7. The largest absolute Gasteiger partial charge is 0.456 e. The molecule has 0 radical (unpaired) electrons. The first kappa shape index (κ1) is 33.4. The first-order valence-electron chi connectivity index (χ1n) is 19.3. The summed E-state index contributed by atoms with van der Waals surface area (Å²) in [6.45, 7) is 0. The van der Waals surface area contributed by atoms with Crippen LogP contribution in [0.1, 0.15) is 27.8 Å². The standard InChI is InChI=1S/C53H32N4O/c54-33-34-22-24-35(25-23-34)37-26-28-48-44(31-37)45-32-39(27-29-49(45)58-48)52-56-50(36-12-3-1-4-13-36)55-51(57-52)38-14-11-17-41(30-38)53(40-15-5-2-6-16-40)46-20-9-7-18-42(46)43-19-8-10-21-47(43)53/h1-32H. The second kappa shape index (κ2) is 13.4. The molecule has 5 heteroatoms. The molecule has 2 aromatic heterocycles. The molecule has 2 heterocycles. The van der Waals surface area contributed by atoms with Crippen LogP contribution in [-0.2, 0) is 5.41 Å². The van der Waals surface area contributed by atoms with Crippen LogP contribution in [-0.4, -0.2) is 15.0 Å². The SMILES string of the molecule is N#Cc1ccc(-c2ccc3oc4ccc(-c5nc(-c6ccccc6)nc(-c6cccc(C7(c8ccccc8)c8ccccc8-c8ccccc87)c6)n5)cc4c3c2)cc1. The van der Waals surface area contributed by atoms with Gasteiger partial charge in [-0.2, -0.15) is 5.26 Å². The van der Waals surface area contributed by atoms with E-state index in [1.807, 2.05) is 72.8 Å².